The Hall–Kier alpha value is -2.30. The predicted molar refractivity (Wildman–Crippen MR) is 75.2 cm³/mol. The highest BCUT2D eigenvalue weighted by Crippen LogP contribution is 2.24. The number of ether oxygens (including phenoxy) is 2. The fourth-order valence-corrected chi connectivity index (χ4v) is 1.74. The van der Waals surface area contributed by atoms with Crippen molar-refractivity contribution in [3.63, 3.8) is 0 Å². The van der Waals surface area contributed by atoms with Crippen LogP contribution in [0.3, 0.4) is 0 Å². The highest BCUT2D eigenvalue weighted by molar-refractivity contribution is 5.79. The Kier molecular flexibility index (Phi) is 4.76. The van der Waals surface area contributed by atoms with E-state index in [9.17, 15) is 4.79 Å². The predicted octanol–water partition coefficient (Wildman–Crippen LogP) is 2.60. The first-order valence-corrected chi connectivity index (χ1v) is 6.56. The Labute approximate surface area is 118 Å². The van der Waals surface area contributed by atoms with Crippen LogP contribution in [-0.4, -0.2) is 22.7 Å². The average Bonchev–Trinajstić information content (AvgIpc) is 2.88. The van der Waals surface area contributed by atoms with Gasteiger partial charge in [-0.05, 0) is 24.6 Å². The molecule has 1 aromatic heterocycles. The molecule has 0 radical (unpaired) electrons. The third-order valence-electron chi connectivity index (χ3n) is 2.73. The van der Waals surface area contributed by atoms with Crippen LogP contribution < -0.4 is 9.47 Å². The lowest BCUT2D eigenvalue weighted by Gasteiger charge is -2.10. The first-order valence-electron chi connectivity index (χ1n) is 6.56. The number of carbonyl (C=O) groups excluding carboxylic acids is 1. The summed E-state index contributed by atoms with van der Waals surface area (Å²) in [5, 5.41) is 4.23. The SMILES string of the molecule is CCCOc1ccc(C=O)c(OCc2ccn(C)n2)c1. The van der Waals surface area contributed by atoms with E-state index in [1.807, 2.05) is 26.2 Å². The third-order valence-corrected chi connectivity index (χ3v) is 2.73. The molecule has 5 heteroatoms. The van der Waals surface area contributed by atoms with E-state index in [1.165, 1.54) is 0 Å². The van der Waals surface area contributed by atoms with Crippen molar-refractivity contribution in [1.82, 2.24) is 9.78 Å². The van der Waals surface area contributed by atoms with Crippen LogP contribution in [0.4, 0.5) is 0 Å². The summed E-state index contributed by atoms with van der Waals surface area (Å²) in [7, 11) is 1.85. The molecule has 0 N–H and O–H groups in total. The molecule has 0 aliphatic carbocycles. The zero-order valence-electron chi connectivity index (χ0n) is 11.7. The lowest BCUT2D eigenvalue weighted by Crippen LogP contribution is -2.01. The number of hydrogen-bond donors (Lipinski definition) is 0. The van der Waals surface area contributed by atoms with Gasteiger partial charge < -0.3 is 9.47 Å². The van der Waals surface area contributed by atoms with Gasteiger partial charge in [-0.3, -0.25) is 9.48 Å². The Balaban J connectivity index is 2.09. The number of aryl methyl sites for hydroxylation is 1. The highest BCUT2D eigenvalue weighted by atomic mass is 16.5. The molecule has 1 aromatic carbocycles. The molecule has 0 aliphatic heterocycles. The van der Waals surface area contributed by atoms with E-state index in [1.54, 1.807) is 22.9 Å². The molecule has 0 saturated carbocycles. The molecule has 0 amide bonds. The average molecular weight is 274 g/mol. The van der Waals surface area contributed by atoms with Crippen LogP contribution in [0.1, 0.15) is 29.4 Å². The molecule has 1 heterocycles. The molecule has 0 unspecified atom stereocenters. The minimum atomic E-state index is 0.318. The van der Waals surface area contributed by atoms with Gasteiger partial charge in [-0.25, -0.2) is 0 Å². The fourth-order valence-electron chi connectivity index (χ4n) is 1.74. The number of rotatable bonds is 7. The number of benzene rings is 1. The molecule has 106 valence electrons. The van der Waals surface area contributed by atoms with Crippen LogP contribution in [-0.2, 0) is 13.7 Å². The van der Waals surface area contributed by atoms with E-state index in [4.69, 9.17) is 9.47 Å². The van der Waals surface area contributed by atoms with Gasteiger partial charge in [-0.2, -0.15) is 5.10 Å². The lowest BCUT2D eigenvalue weighted by molar-refractivity contribution is 0.111. The smallest absolute Gasteiger partial charge is 0.153 e. The van der Waals surface area contributed by atoms with Crippen LogP contribution in [0, 0.1) is 0 Å². The van der Waals surface area contributed by atoms with E-state index >= 15 is 0 Å². The normalized spacial score (nSPS) is 10.3. The Bertz CT molecular complexity index is 578. The molecule has 0 fully saturated rings. The second-order valence-electron chi connectivity index (χ2n) is 4.44. The van der Waals surface area contributed by atoms with Gasteiger partial charge in [-0.15, -0.1) is 0 Å². The van der Waals surface area contributed by atoms with Crippen molar-refractivity contribution in [2.75, 3.05) is 6.61 Å². The summed E-state index contributed by atoms with van der Waals surface area (Å²) in [6.45, 7) is 3.00. The van der Waals surface area contributed by atoms with Crippen LogP contribution in [0.5, 0.6) is 11.5 Å². The molecule has 2 aromatic rings. The quantitative estimate of drug-likeness (QED) is 0.728. The zero-order chi connectivity index (χ0) is 14.4. The number of hydrogen-bond acceptors (Lipinski definition) is 4. The van der Waals surface area contributed by atoms with Gasteiger partial charge in [-0.1, -0.05) is 6.92 Å². The maximum Gasteiger partial charge on any atom is 0.153 e. The minimum absolute atomic E-state index is 0.318. The van der Waals surface area contributed by atoms with Crippen molar-refractivity contribution in [1.29, 1.82) is 0 Å². The molecule has 0 atom stereocenters. The van der Waals surface area contributed by atoms with Crippen LogP contribution in [0.25, 0.3) is 0 Å². The standard InChI is InChI=1S/C15H18N2O3/c1-3-8-19-14-5-4-12(10-18)15(9-14)20-11-13-6-7-17(2)16-13/h4-7,9-10H,3,8,11H2,1-2H3. The van der Waals surface area contributed by atoms with Crippen LogP contribution >= 0.6 is 0 Å². The Morgan fingerprint density at radius 1 is 1.30 bits per heavy atom. The summed E-state index contributed by atoms with van der Waals surface area (Å²) < 4.78 is 12.9. The maximum absolute atomic E-state index is 11.0. The number of carbonyl (C=O) groups is 1. The summed E-state index contributed by atoms with van der Waals surface area (Å²) in [6.07, 6.45) is 3.55. The van der Waals surface area contributed by atoms with Gasteiger partial charge >= 0.3 is 0 Å². The third kappa shape index (κ3) is 3.60. The first-order chi connectivity index (χ1) is 9.72. The van der Waals surface area contributed by atoms with E-state index in [0.29, 0.717) is 30.3 Å². The second-order valence-corrected chi connectivity index (χ2v) is 4.44. The van der Waals surface area contributed by atoms with Gasteiger partial charge in [0.05, 0.1) is 17.9 Å². The molecular formula is C15H18N2O3. The van der Waals surface area contributed by atoms with Crippen molar-refractivity contribution in [2.24, 2.45) is 7.05 Å². The molecular weight excluding hydrogens is 256 g/mol. The summed E-state index contributed by atoms with van der Waals surface area (Å²) >= 11 is 0. The Morgan fingerprint density at radius 3 is 2.80 bits per heavy atom. The molecule has 0 saturated heterocycles. The van der Waals surface area contributed by atoms with E-state index in [-0.39, 0.29) is 0 Å². The molecule has 0 spiro atoms. The number of nitrogens with zero attached hydrogens (tertiary/aromatic N) is 2. The van der Waals surface area contributed by atoms with Gasteiger partial charge in [0.15, 0.2) is 6.29 Å². The van der Waals surface area contributed by atoms with Crippen LogP contribution in [0.15, 0.2) is 30.5 Å². The maximum atomic E-state index is 11.0. The van der Waals surface area contributed by atoms with Gasteiger partial charge in [0.25, 0.3) is 0 Å². The van der Waals surface area contributed by atoms with Gasteiger partial charge in [0, 0.05) is 19.3 Å². The molecule has 0 bridgehead atoms. The van der Waals surface area contributed by atoms with Gasteiger partial charge in [0.2, 0.25) is 0 Å². The zero-order valence-corrected chi connectivity index (χ0v) is 11.7. The van der Waals surface area contributed by atoms with Crippen molar-refractivity contribution < 1.29 is 14.3 Å². The van der Waals surface area contributed by atoms with E-state index in [0.717, 1.165) is 18.4 Å². The van der Waals surface area contributed by atoms with E-state index in [2.05, 4.69) is 5.10 Å². The largest absolute Gasteiger partial charge is 0.493 e. The van der Waals surface area contributed by atoms with Crippen molar-refractivity contribution >= 4 is 6.29 Å². The summed E-state index contributed by atoms with van der Waals surface area (Å²) in [4.78, 5) is 11.0. The highest BCUT2D eigenvalue weighted by Gasteiger charge is 2.07. The molecule has 2 rings (SSSR count). The lowest BCUT2D eigenvalue weighted by atomic mass is 10.2. The summed E-state index contributed by atoms with van der Waals surface area (Å²) in [5.74, 6) is 1.22. The molecule has 20 heavy (non-hydrogen) atoms. The summed E-state index contributed by atoms with van der Waals surface area (Å²) in [6, 6.07) is 7.08. The van der Waals surface area contributed by atoms with Crippen molar-refractivity contribution in [3.05, 3.63) is 41.7 Å². The first kappa shape index (κ1) is 14.1. The topological polar surface area (TPSA) is 53.4 Å². The van der Waals surface area contributed by atoms with E-state index < -0.39 is 0 Å². The van der Waals surface area contributed by atoms with Crippen molar-refractivity contribution in [3.8, 4) is 11.5 Å². The monoisotopic (exact) mass is 274 g/mol. The van der Waals surface area contributed by atoms with Gasteiger partial charge in [0.1, 0.15) is 18.1 Å². The number of aromatic nitrogens is 2. The van der Waals surface area contributed by atoms with Crippen LogP contribution in [0.2, 0.25) is 0 Å². The molecule has 5 nitrogen and oxygen atoms in total. The number of aldehydes is 1. The summed E-state index contributed by atoms with van der Waals surface area (Å²) in [5.41, 5.74) is 1.31. The Morgan fingerprint density at radius 2 is 2.15 bits per heavy atom. The second kappa shape index (κ2) is 6.75. The molecule has 0 aliphatic rings. The minimum Gasteiger partial charge on any atom is -0.493 e. The van der Waals surface area contributed by atoms with Crippen molar-refractivity contribution in [2.45, 2.75) is 20.0 Å². The fraction of sp³-hybridized carbons (Fsp3) is 0.333.